The molecule has 0 aromatic heterocycles. The summed E-state index contributed by atoms with van der Waals surface area (Å²) >= 11 is 0. The third kappa shape index (κ3) is 9.49. The molecule has 30 heavy (non-hydrogen) atoms. The van der Waals surface area contributed by atoms with Gasteiger partial charge in [-0.25, -0.2) is 0 Å². The van der Waals surface area contributed by atoms with Gasteiger partial charge in [-0.05, 0) is 54.7 Å². The molecule has 0 radical (unpaired) electrons. The number of carboxylic acid groups (broad SMARTS) is 1. The van der Waals surface area contributed by atoms with Crippen LogP contribution in [0, 0.1) is 0 Å². The Balaban J connectivity index is 0.00000420. The van der Waals surface area contributed by atoms with Crippen molar-refractivity contribution in [3.63, 3.8) is 0 Å². The van der Waals surface area contributed by atoms with Gasteiger partial charge in [0.1, 0.15) is 12.9 Å². The number of aliphatic carboxylic acids is 1. The minimum atomic E-state index is -0.859. The monoisotopic (exact) mass is 454 g/mol. The minimum absolute atomic E-state index is 0. The highest BCUT2D eigenvalue weighted by atomic mass is 35.5. The number of nitrogens with two attached hydrogens (primary N) is 2. The van der Waals surface area contributed by atoms with E-state index >= 15 is 0 Å². The number of hydrogen-bond acceptors (Lipinski definition) is 6. The van der Waals surface area contributed by atoms with E-state index in [-0.39, 0.29) is 31.4 Å². The highest BCUT2D eigenvalue weighted by Crippen LogP contribution is 2.17. The lowest BCUT2D eigenvalue weighted by Crippen LogP contribution is -2.30. The first kappa shape index (κ1) is 27.0. The summed E-state index contributed by atoms with van der Waals surface area (Å²) in [6.45, 7) is 0.606. The van der Waals surface area contributed by atoms with Gasteiger partial charge in [0.15, 0.2) is 0 Å². The Morgan fingerprint density at radius 2 is 1.80 bits per heavy atom. The van der Waals surface area contributed by atoms with Crippen LogP contribution < -0.4 is 21.9 Å². The van der Waals surface area contributed by atoms with Gasteiger partial charge in [-0.3, -0.25) is 4.79 Å². The molecule has 0 atom stereocenters. The number of anilines is 2. The number of halogens is 2. The highest BCUT2D eigenvalue weighted by Gasteiger charge is 2.11. The Labute approximate surface area is 188 Å². The fourth-order valence-corrected chi connectivity index (χ4v) is 2.86. The van der Waals surface area contributed by atoms with Gasteiger partial charge >= 0.3 is 5.97 Å². The van der Waals surface area contributed by atoms with Crippen LogP contribution >= 0.6 is 24.8 Å². The maximum absolute atomic E-state index is 11.2. The third-order valence-corrected chi connectivity index (χ3v) is 4.19. The lowest BCUT2D eigenvalue weighted by Gasteiger charge is -2.23. The molecule has 0 aliphatic heterocycles. The van der Waals surface area contributed by atoms with E-state index in [9.17, 15) is 9.90 Å². The number of rotatable bonds is 11. The van der Waals surface area contributed by atoms with Gasteiger partial charge in [-0.15, -0.1) is 24.8 Å². The second-order valence-electron chi connectivity index (χ2n) is 6.26. The van der Waals surface area contributed by atoms with Crippen molar-refractivity contribution in [3.8, 4) is 0 Å². The molecule has 0 fully saturated rings. The van der Waals surface area contributed by atoms with Crippen molar-refractivity contribution < 1.29 is 9.90 Å². The van der Waals surface area contributed by atoms with E-state index in [1.165, 1.54) is 11.9 Å². The van der Waals surface area contributed by atoms with Gasteiger partial charge in [0.25, 0.3) is 0 Å². The molecule has 0 bridgehead atoms. The van der Waals surface area contributed by atoms with Crippen molar-refractivity contribution in [2.45, 2.75) is 19.3 Å². The number of aryl methyl sites for hydroxylation is 1. The first-order valence-electron chi connectivity index (χ1n) is 8.99. The minimum Gasteiger partial charge on any atom is -0.480 e. The lowest BCUT2D eigenvalue weighted by atomic mass is 10.1. The predicted molar refractivity (Wildman–Crippen MR) is 128 cm³/mol. The van der Waals surface area contributed by atoms with E-state index in [1.807, 2.05) is 41.3 Å². The molecule has 0 unspecified atom stereocenters. The van der Waals surface area contributed by atoms with Crippen molar-refractivity contribution in [2.75, 3.05) is 23.3 Å². The van der Waals surface area contributed by atoms with Crippen molar-refractivity contribution in [1.29, 1.82) is 0 Å². The summed E-state index contributed by atoms with van der Waals surface area (Å²) in [5, 5.41) is 19.1. The Hall–Kier alpha value is -2.97. The molecule has 2 rings (SSSR count). The zero-order chi connectivity index (χ0) is 20.2. The number of carboxylic acids is 1. The number of benzene rings is 2. The van der Waals surface area contributed by atoms with Gasteiger partial charge < -0.3 is 27.0 Å². The number of hydrazone groups is 2. The van der Waals surface area contributed by atoms with E-state index in [0.29, 0.717) is 6.54 Å². The van der Waals surface area contributed by atoms with Crippen LogP contribution in [-0.4, -0.2) is 36.7 Å². The van der Waals surface area contributed by atoms with E-state index in [2.05, 4.69) is 27.7 Å². The average molecular weight is 455 g/mol. The molecule has 0 amide bonds. The van der Waals surface area contributed by atoms with Crippen molar-refractivity contribution in [2.24, 2.45) is 21.9 Å². The normalized spacial score (nSPS) is 10.4. The van der Waals surface area contributed by atoms with Crippen LogP contribution in [-0.2, 0) is 11.2 Å². The summed E-state index contributed by atoms with van der Waals surface area (Å²) in [4.78, 5) is 13.1. The van der Waals surface area contributed by atoms with Crippen molar-refractivity contribution in [3.05, 3.63) is 59.7 Å². The van der Waals surface area contributed by atoms with Crippen LogP contribution in [0.2, 0.25) is 0 Å². The van der Waals surface area contributed by atoms with Crippen LogP contribution in [0.3, 0.4) is 0 Å². The molecule has 0 aliphatic rings. The quantitative estimate of drug-likeness (QED) is 0.136. The number of carbonyl (C=O) groups is 1. The molecule has 0 heterocycles. The Morgan fingerprint density at radius 1 is 1.07 bits per heavy atom. The first-order chi connectivity index (χ1) is 13.6. The number of nitrogens with one attached hydrogen (secondary N) is 1. The molecule has 6 N–H and O–H groups in total. The van der Waals surface area contributed by atoms with E-state index < -0.39 is 5.97 Å². The second-order valence-corrected chi connectivity index (χ2v) is 6.26. The average Bonchev–Trinajstić information content (AvgIpc) is 2.70. The van der Waals surface area contributed by atoms with E-state index in [1.54, 1.807) is 6.21 Å². The summed E-state index contributed by atoms with van der Waals surface area (Å²) in [5.74, 6) is 9.40. The zero-order valence-electron chi connectivity index (χ0n) is 16.5. The zero-order valence-corrected chi connectivity index (χ0v) is 18.1. The van der Waals surface area contributed by atoms with Gasteiger partial charge in [0.2, 0.25) is 0 Å². The van der Waals surface area contributed by atoms with Crippen LogP contribution in [0.5, 0.6) is 0 Å². The molecule has 8 nitrogen and oxygen atoms in total. The number of nitrogens with zero attached hydrogens (tertiary/aromatic N) is 3. The Morgan fingerprint density at radius 3 is 2.43 bits per heavy atom. The van der Waals surface area contributed by atoms with Gasteiger partial charge in [-0.1, -0.05) is 24.3 Å². The predicted octanol–water partition coefficient (Wildman–Crippen LogP) is 3.05. The topological polar surface area (TPSA) is 129 Å². The lowest BCUT2D eigenvalue weighted by molar-refractivity contribution is -0.135. The SMILES string of the molecule is Cl.Cl.NN=CNc1ccc(CCCCN(CC(=O)O)c2cccc(C=NN)c2)cc1. The van der Waals surface area contributed by atoms with Gasteiger partial charge in [0.05, 0.1) is 6.21 Å². The molecule has 0 aliphatic carbocycles. The molecule has 10 heteroatoms. The molecular weight excluding hydrogens is 427 g/mol. The molecule has 0 saturated carbocycles. The molecular formula is C20H28Cl2N6O2. The van der Waals surface area contributed by atoms with E-state index in [0.717, 1.165) is 36.2 Å². The number of hydrogen-bond donors (Lipinski definition) is 4. The molecule has 164 valence electrons. The largest absolute Gasteiger partial charge is 0.480 e. The standard InChI is InChI=1S/C20H26N6O2.2ClH/c21-24-13-17-5-3-6-19(12-17)26(14-20(27)28)11-2-1-4-16-7-9-18(10-8-16)23-15-25-22;;/h3,5-10,12-13,15H,1-2,4,11,14,21-22H2,(H,23,25)(H,27,28);2*1H. The second kappa shape index (κ2) is 14.9. The van der Waals surface area contributed by atoms with Gasteiger partial charge in [-0.2, -0.15) is 10.2 Å². The first-order valence-corrected chi connectivity index (χ1v) is 8.99. The third-order valence-electron chi connectivity index (χ3n) is 4.19. The highest BCUT2D eigenvalue weighted by molar-refractivity contribution is 5.85. The summed E-state index contributed by atoms with van der Waals surface area (Å²) in [6, 6.07) is 15.6. The van der Waals surface area contributed by atoms with Crippen molar-refractivity contribution >= 4 is 54.7 Å². The maximum Gasteiger partial charge on any atom is 0.323 e. The summed E-state index contributed by atoms with van der Waals surface area (Å²) in [6.07, 6.45) is 5.73. The number of unbranched alkanes of at least 4 members (excludes halogenated alkanes) is 1. The summed E-state index contributed by atoms with van der Waals surface area (Å²) in [5.41, 5.74) is 3.83. The molecule has 0 spiro atoms. The molecule has 2 aromatic rings. The van der Waals surface area contributed by atoms with Crippen molar-refractivity contribution in [1.82, 2.24) is 0 Å². The van der Waals surface area contributed by atoms with Crippen LogP contribution in [0.1, 0.15) is 24.0 Å². The van der Waals surface area contributed by atoms with E-state index in [4.69, 9.17) is 11.7 Å². The summed E-state index contributed by atoms with van der Waals surface area (Å²) < 4.78 is 0. The van der Waals surface area contributed by atoms with Crippen LogP contribution in [0.4, 0.5) is 11.4 Å². The van der Waals surface area contributed by atoms with Crippen LogP contribution in [0.15, 0.2) is 58.7 Å². The maximum atomic E-state index is 11.2. The summed E-state index contributed by atoms with van der Waals surface area (Å²) in [7, 11) is 0. The van der Waals surface area contributed by atoms with Gasteiger partial charge in [0, 0.05) is 17.9 Å². The Kier molecular flexibility index (Phi) is 13.5. The fraction of sp³-hybridized carbons (Fsp3) is 0.250. The fourth-order valence-electron chi connectivity index (χ4n) is 2.86. The Bertz CT molecular complexity index is 815. The smallest absolute Gasteiger partial charge is 0.323 e. The van der Waals surface area contributed by atoms with Crippen LogP contribution in [0.25, 0.3) is 0 Å². The molecule has 0 saturated heterocycles. The molecule has 2 aromatic carbocycles.